The van der Waals surface area contributed by atoms with Crippen LogP contribution in [0.1, 0.15) is 12.8 Å². The molecule has 1 aliphatic rings. The number of furan rings is 1. The van der Waals surface area contributed by atoms with Crippen molar-refractivity contribution in [1.82, 2.24) is 4.98 Å². The summed E-state index contributed by atoms with van der Waals surface area (Å²) in [5.41, 5.74) is 0.739. The van der Waals surface area contributed by atoms with Crippen molar-refractivity contribution in [2.45, 2.75) is 12.8 Å². The summed E-state index contributed by atoms with van der Waals surface area (Å²) in [6.45, 7) is 1.33. The van der Waals surface area contributed by atoms with Crippen molar-refractivity contribution in [2.24, 2.45) is 5.92 Å². The monoisotopic (exact) mass is 246 g/mol. The third kappa shape index (κ3) is 1.81. The number of pyridine rings is 1. The molecule has 0 saturated carbocycles. The Morgan fingerprint density at radius 3 is 3.22 bits per heavy atom. The molecule has 0 aliphatic carbocycles. The number of carbonyl (C=O) groups is 1. The smallest absolute Gasteiger partial charge is 0.308 e. The van der Waals surface area contributed by atoms with Crippen LogP contribution in [0.15, 0.2) is 29.0 Å². The molecule has 1 fully saturated rings. The van der Waals surface area contributed by atoms with Crippen LogP contribution in [0, 0.1) is 5.92 Å². The number of piperidine rings is 1. The van der Waals surface area contributed by atoms with Crippen LogP contribution in [0.5, 0.6) is 0 Å². The van der Waals surface area contributed by atoms with Gasteiger partial charge in [0.1, 0.15) is 0 Å². The molecule has 0 amide bonds. The van der Waals surface area contributed by atoms with E-state index >= 15 is 0 Å². The molecule has 0 aromatic carbocycles. The highest BCUT2D eigenvalue weighted by Crippen LogP contribution is 2.28. The molecule has 0 spiro atoms. The van der Waals surface area contributed by atoms with Crippen molar-refractivity contribution in [3.8, 4) is 0 Å². The number of aliphatic carboxylic acids is 1. The number of carboxylic acids is 1. The average molecular weight is 246 g/mol. The van der Waals surface area contributed by atoms with Crippen molar-refractivity contribution < 1.29 is 14.3 Å². The van der Waals surface area contributed by atoms with Crippen molar-refractivity contribution >= 4 is 22.8 Å². The van der Waals surface area contributed by atoms with Crippen LogP contribution in [0.4, 0.5) is 5.82 Å². The Hall–Kier alpha value is -2.04. The van der Waals surface area contributed by atoms with Crippen LogP contribution >= 0.6 is 0 Å². The summed E-state index contributed by atoms with van der Waals surface area (Å²) in [7, 11) is 0. The van der Waals surface area contributed by atoms with Gasteiger partial charge in [0.05, 0.1) is 12.2 Å². The van der Waals surface area contributed by atoms with Gasteiger partial charge in [-0.1, -0.05) is 0 Å². The number of carboxylic acid groups (broad SMARTS) is 1. The van der Waals surface area contributed by atoms with Gasteiger partial charge in [0.15, 0.2) is 11.4 Å². The minimum absolute atomic E-state index is 0.314. The molecular weight excluding hydrogens is 232 g/mol. The molecule has 94 valence electrons. The zero-order chi connectivity index (χ0) is 12.5. The maximum atomic E-state index is 11.1. The topological polar surface area (TPSA) is 66.6 Å². The summed E-state index contributed by atoms with van der Waals surface area (Å²) in [5.74, 6) is -0.291. The van der Waals surface area contributed by atoms with E-state index in [1.807, 2.05) is 17.0 Å². The fourth-order valence-corrected chi connectivity index (χ4v) is 2.48. The van der Waals surface area contributed by atoms with Gasteiger partial charge in [-0.15, -0.1) is 0 Å². The maximum Gasteiger partial charge on any atom is 0.308 e. The van der Waals surface area contributed by atoms with E-state index in [0.29, 0.717) is 6.54 Å². The summed E-state index contributed by atoms with van der Waals surface area (Å²) in [4.78, 5) is 17.4. The van der Waals surface area contributed by atoms with E-state index in [9.17, 15) is 4.79 Å². The minimum Gasteiger partial charge on any atom is -0.481 e. The van der Waals surface area contributed by atoms with Crippen molar-refractivity contribution in [3.05, 3.63) is 24.6 Å². The van der Waals surface area contributed by atoms with Crippen LogP contribution in [0.3, 0.4) is 0 Å². The van der Waals surface area contributed by atoms with E-state index < -0.39 is 5.97 Å². The summed E-state index contributed by atoms with van der Waals surface area (Å²) < 4.78 is 5.45. The Labute approximate surface area is 104 Å². The summed E-state index contributed by atoms with van der Waals surface area (Å²) in [5, 5.41) is 10.1. The molecule has 1 atom stereocenters. The lowest BCUT2D eigenvalue weighted by Gasteiger charge is -2.31. The first-order valence-corrected chi connectivity index (χ1v) is 6.05. The Balaban J connectivity index is 1.94. The van der Waals surface area contributed by atoms with Crippen LogP contribution < -0.4 is 4.90 Å². The van der Waals surface area contributed by atoms with Gasteiger partial charge in [-0.3, -0.25) is 4.79 Å². The highest BCUT2D eigenvalue weighted by atomic mass is 16.4. The molecule has 2 aromatic heterocycles. The third-order valence-corrected chi connectivity index (χ3v) is 3.42. The first-order valence-electron chi connectivity index (χ1n) is 6.05. The Morgan fingerprint density at radius 2 is 2.39 bits per heavy atom. The second kappa shape index (κ2) is 4.33. The molecule has 1 N–H and O–H groups in total. The quantitative estimate of drug-likeness (QED) is 0.879. The number of hydrogen-bond acceptors (Lipinski definition) is 4. The molecule has 0 unspecified atom stereocenters. The Bertz CT molecular complexity index is 578. The predicted molar refractivity (Wildman–Crippen MR) is 66.6 cm³/mol. The largest absolute Gasteiger partial charge is 0.481 e. The first-order chi connectivity index (χ1) is 8.75. The van der Waals surface area contributed by atoms with Gasteiger partial charge in [-0.05, 0) is 25.0 Å². The molecule has 5 nitrogen and oxygen atoms in total. The number of fused-ring (bicyclic) bond motifs is 1. The second-order valence-corrected chi connectivity index (χ2v) is 4.60. The van der Waals surface area contributed by atoms with Gasteiger partial charge in [0.25, 0.3) is 0 Å². The van der Waals surface area contributed by atoms with Crippen LogP contribution in [0.25, 0.3) is 11.0 Å². The minimum atomic E-state index is -0.730. The Kier molecular flexibility index (Phi) is 2.66. The van der Waals surface area contributed by atoms with E-state index in [1.54, 1.807) is 12.5 Å². The van der Waals surface area contributed by atoms with E-state index in [2.05, 4.69) is 4.98 Å². The molecule has 3 rings (SSSR count). The SMILES string of the molecule is O=C(O)[C@H]1CCCN(c2nccc3ccoc23)C1. The zero-order valence-corrected chi connectivity index (χ0v) is 9.87. The van der Waals surface area contributed by atoms with Gasteiger partial charge in [-0.2, -0.15) is 0 Å². The summed E-state index contributed by atoms with van der Waals surface area (Å²) in [6.07, 6.45) is 4.97. The van der Waals surface area contributed by atoms with Crippen LogP contribution in [-0.4, -0.2) is 29.1 Å². The Morgan fingerprint density at radius 1 is 1.50 bits per heavy atom. The second-order valence-electron chi connectivity index (χ2n) is 4.60. The highest BCUT2D eigenvalue weighted by molar-refractivity contribution is 5.87. The van der Waals surface area contributed by atoms with Gasteiger partial charge < -0.3 is 14.4 Å². The van der Waals surface area contributed by atoms with Gasteiger partial charge >= 0.3 is 5.97 Å². The molecule has 3 heterocycles. The molecule has 0 radical (unpaired) electrons. The first kappa shape index (κ1) is 11.1. The van der Waals surface area contributed by atoms with E-state index in [-0.39, 0.29) is 5.92 Å². The lowest BCUT2D eigenvalue weighted by molar-refractivity contribution is -0.141. The molecular formula is C13H14N2O3. The summed E-state index contributed by atoms with van der Waals surface area (Å²) >= 11 is 0. The highest BCUT2D eigenvalue weighted by Gasteiger charge is 2.27. The van der Waals surface area contributed by atoms with Gasteiger partial charge in [-0.25, -0.2) is 4.98 Å². The fourth-order valence-electron chi connectivity index (χ4n) is 2.48. The molecule has 1 aliphatic heterocycles. The zero-order valence-electron chi connectivity index (χ0n) is 9.87. The van der Waals surface area contributed by atoms with Gasteiger partial charge in [0, 0.05) is 24.7 Å². The van der Waals surface area contributed by atoms with Crippen molar-refractivity contribution in [1.29, 1.82) is 0 Å². The number of hydrogen-bond donors (Lipinski definition) is 1. The normalized spacial score (nSPS) is 20.2. The predicted octanol–water partition coefficient (Wildman–Crippen LogP) is 2.13. The van der Waals surface area contributed by atoms with Crippen LogP contribution in [-0.2, 0) is 4.79 Å². The van der Waals surface area contributed by atoms with Crippen LogP contribution in [0.2, 0.25) is 0 Å². The molecule has 18 heavy (non-hydrogen) atoms. The molecule has 5 heteroatoms. The third-order valence-electron chi connectivity index (χ3n) is 3.42. The fraction of sp³-hybridized carbons (Fsp3) is 0.385. The van der Waals surface area contributed by atoms with Crippen molar-refractivity contribution in [2.75, 3.05) is 18.0 Å². The van der Waals surface area contributed by atoms with E-state index in [1.165, 1.54) is 0 Å². The summed E-state index contributed by atoms with van der Waals surface area (Å²) in [6, 6.07) is 3.78. The molecule has 2 aromatic rings. The van der Waals surface area contributed by atoms with Gasteiger partial charge in [0.2, 0.25) is 0 Å². The standard InChI is InChI=1S/C13H14N2O3/c16-13(17)10-2-1-6-15(8-10)12-11-9(3-5-14-12)4-7-18-11/h3-5,7,10H,1-2,6,8H2,(H,16,17)/t10-/m0/s1. The molecule has 0 bridgehead atoms. The van der Waals surface area contributed by atoms with Crippen molar-refractivity contribution in [3.63, 3.8) is 0 Å². The molecule has 1 saturated heterocycles. The maximum absolute atomic E-state index is 11.1. The number of rotatable bonds is 2. The number of aromatic nitrogens is 1. The number of nitrogens with zero attached hydrogens (tertiary/aromatic N) is 2. The van der Waals surface area contributed by atoms with E-state index in [4.69, 9.17) is 9.52 Å². The average Bonchev–Trinajstić information content (AvgIpc) is 2.87. The number of anilines is 1. The van der Waals surface area contributed by atoms with E-state index in [0.717, 1.165) is 36.2 Å². The lowest BCUT2D eigenvalue weighted by atomic mass is 9.98. The lowest BCUT2D eigenvalue weighted by Crippen LogP contribution is -2.39.